The van der Waals surface area contributed by atoms with E-state index in [0.29, 0.717) is 43.2 Å². The normalized spacial score (nSPS) is 15.0. The molecule has 8 heteroatoms. The molecule has 0 unspecified atom stereocenters. The number of hydrogen-bond donors (Lipinski definition) is 1. The van der Waals surface area contributed by atoms with Gasteiger partial charge in [-0.1, -0.05) is 18.2 Å². The Kier molecular flexibility index (Phi) is 4.68. The summed E-state index contributed by atoms with van der Waals surface area (Å²) < 4.78 is 5.80. The Balaban J connectivity index is 1.40. The Morgan fingerprint density at radius 1 is 1.21 bits per heavy atom. The highest BCUT2D eigenvalue weighted by Crippen LogP contribution is 2.29. The molecule has 2 aromatic carbocycles. The second-order valence-electron chi connectivity index (χ2n) is 6.92. The van der Waals surface area contributed by atoms with Crippen LogP contribution in [-0.4, -0.2) is 28.9 Å². The van der Waals surface area contributed by atoms with Gasteiger partial charge in [-0.3, -0.25) is 14.9 Å². The fraction of sp³-hybridized carbons (Fsp3) is 0.300. The maximum Gasteiger partial charge on any atom is 0.298 e. The van der Waals surface area contributed by atoms with Gasteiger partial charge >= 0.3 is 0 Å². The number of nitrogens with zero attached hydrogens (tertiary/aromatic N) is 3. The summed E-state index contributed by atoms with van der Waals surface area (Å²) in [5.74, 6) is -0.264. The zero-order valence-electron chi connectivity index (χ0n) is 15.4. The highest BCUT2D eigenvalue weighted by atomic mass is 16.6. The van der Waals surface area contributed by atoms with Gasteiger partial charge < -0.3 is 14.6 Å². The molecule has 1 aliphatic rings. The molecule has 144 valence electrons. The number of anilines is 2. The average Bonchev–Trinajstić information content (AvgIpc) is 3.13. The van der Waals surface area contributed by atoms with Crippen molar-refractivity contribution in [2.45, 2.75) is 19.8 Å². The van der Waals surface area contributed by atoms with E-state index in [1.165, 1.54) is 6.07 Å². The van der Waals surface area contributed by atoms with Gasteiger partial charge in [0.25, 0.3) is 11.7 Å². The molecule has 1 fully saturated rings. The summed E-state index contributed by atoms with van der Waals surface area (Å²) in [6.07, 6.45) is 1.33. The van der Waals surface area contributed by atoms with Gasteiger partial charge in [0.1, 0.15) is 5.52 Å². The van der Waals surface area contributed by atoms with Crippen molar-refractivity contribution in [1.82, 2.24) is 4.98 Å². The molecule has 0 saturated carbocycles. The van der Waals surface area contributed by atoms with Crippen LogP contribution in [0.15, 0.2) is 46.9 Å². The third-order valence-corrected chi connectivity index (χ3v) is 5.18. The molecule has 4 rings (SSSR count). The molecule has 28 heavy (non-hydrogen) atoms. The zero-order chi connectivity index (χ0) is 19.7. The Morgan fingerprint density at radius 2 is 1.96 bits per heavy atom. The number of carbonyl (C=O) groups is 1. The van der Waals surface area contributed by atoms with Crippen molar-refractivity contribution >= 4 is 34.4 Å². The van der Waals surface area contributed by atoms with Crippen molar-refractivity contribution in [3.63, 3.8) is 0 Å². The predicted octanol–water partition coefficient (Wildman–Crippen LogP) is 3.90. The van der Waals surface area contributed by atoms with Gasteiger partial charge in [-0.2, -0.15) is 4.98 Å². The van der Waals surface area contributed by atoms with Crippen molar-refractivity contribution in [1.29, 1.82) is 0 Å². The molecular formula is C20H20N4O4. The number of hydrogen-bond acceptors (Lipinski definition) is 6. The molecule has 0 aliphatic carbocycles. The standard InChI is InChI=1S/C20H20N4O4/c1-13-15(6-4-7-17(13)24(26)27)21-19(25)14-9-11-23(12-10-14)20-22-16-5-2-3-8-18(16)28-20/h2-8,14H,9-12H2,1H3,(H,21,25). The number of para-hydroxylation sites is 2. The van der Waals surface area contributed by atoms with Gasteiger partial charge in [-0.15, -0.1) is 0 Å². The van der Waals surface area contributed by atoms with E-state index in [1.807, 2.05) is 29.2 Å². The molecule has 8 nitrogen and oxygen atoms in total. The molecule has 1 aromatic heterocycles. The first-order valence-corrected chi connectivity index (χ1v) is 9.18. The molecule has 2 heterocycles. The molecule has 0 radical (unpaired) electrons. The summed E-state index contributed by atoms with van der Waals surface area (Å²) in [5, 5.41) is 13.9. The summed E-state index contributed by atoms with van der Waals surface area (Å²) >= 11 is 0. The van der Waals surface area contributed by atoms with Crippen molar-refractivity contribution in [2.75, 3.05) is 23.3 Å². The van der Waals surface area contributed by atoms with Crippen LogP contribution in [0.2, 0.25) is 0 Å². The number of nitrogens with one attached hydrogen (secondary N) is 1. The van der Waals surface area contributed by atoms with Crippen LogP contribution in [0.3, 0.4) is 0 Å². The quantitative estimate of drug-likeness (QED) is 0.544. The second kappa shape index (κ2) is 7.30. The van der Waals surface area contributed by atoms with Crippen LogP contribution in [-0.2, 0) is 4.79 Å². The molecule has 1 saturated heterocycles. The van der Waals surface area contributed by atoms with Gasteiger partial charge in [0.2, 0.25) is 5.91 Å². The van der Waals surface area contributed by atoms with Crippen LogP contribution in [0.5, 0.6) is 0 Å². The van der Waals surface area contributed by atoms with E-state index in [4.69, 9.17) is 4.42 Å². The third-order valence-electron chi connectivity index (χ3n) is 5.18. The van der Waals surface area contributed by atoms with Crippen molar-refractivity contribution in [2.24, 2.45) is 5.92 Å². The predicted molar refractivity (Wildman–Crippen MR) is 105 cm³/mol. The van der Waals surface area contributed by atoms with E-state index in [0.717, 1.165) is 11.1 Å². The number of carbonyl (C=O) groups excluding carboxylic acids is 1. The lowest BCUT2D eigenvalue weighted by Crippen LogP contribution is -2.38. The fourth-order valence-corrected chi connectivity index (χ4v) is 3.52. The first-order valence-electron chi connectivity index (χ1n) is 9.18. The number of fused-ring (bicyclic) bond motifs is 1. The van der Waals surface area contributed by atoms with Crippen LogP contribution in [0.1, 0.15) is 18.4 Å². The van der Waals surface area contributed by atoms with Gasteiger partial charge in [0.15, 0.2) is 5.58 Å². The number of oxazole rings is 1. The highest BCUT2D eigenvalue weighted by molar-refractivity contribution is 5.94. The topological polar surface area (TPSA) is 102 Å². The Bertz CT molecular complexity index is 1000. The lowest BCUT2D eigenvalue weighted by molar-refractivity contribution is -0.385. The van der Waals surface area contributed by atoms with Crippen LogP contribution >= 0.6 is 0 Å². The third kappa shape index (κ3) is 3.40. The minimum Gasteiger partial charge on any atom is -0.423 e. The highest BCUT2D eigenvalue weighted by Gasteiger charge is 2.28. The Labute approximate surface area is 161 Å². The molecule has 1 amide bonds. The maximum atomic E-state index is 12.6. The van der Waals surface area contributed by atoms with Crippen molar-refractivity contribution in [3.05, 3.63) is 58.1 Å². The summed E-state index contributed by atoms with van der Waals surface area (Å²) in [7, 11) is 0. The molecule has 1 aliphatic heterocycles. The van der Waals surface area contributed by atoms with Crippen LogP contribution in [0.4, 0.5) is 17.4 Å². The van der Waals surface area contributed by atoms with Crippen LogP contribution in [0.25, 0.3) is 11.1 Å². The number of aromatic nitrogens is 1. The van der Waals surface area contributed by atoms with Crippen molar-refractivity contribution in [3.8, 4) is 0 Å². The number of rotatable bonds is 4. The van der Waals surface area contributed by atoms with E-state index in [2.05, 4.69) is 10.3 Å². The number of amides is 1. The number of benzene rings is 2. The smallest absolute Gasteiger partial charge is 0.298 e. The van der Waals surface area contributed by atoms with Gasteiger partial charge in [0, 0.05) is 25.1 Å². The van der Waals surface area contributed by atoms with Crippen LogP contribution in [0, 0.1) is 23.0 Å². The summed E-state index contributed by atoms with van der Waals surface area (Å²) in [6, 6.07) is 12.9. The summed E-state index contributed by atoms with van der Waals surface area (Å²) in [5.41, 5.74) is 2.52. The van der Waals surface area contributed by atoms with Crippen LogP contribution < -0.4 is 10.2 Å². The van der Waals surface area contributed by atoms with E-state index in [9.17, 15) is 14.9 Å². The molecule has 0 bridgehead atoms. The van der Waals surface area contributed by atoms with E-state index in [1.54, 1.807) is 19.1 Å². The number of nitro groups is 1. The summed E-state index contributed by atoms with van der Waals surface area (Å²) in [4.78, 5) is 29.8. The van der Waals surface area contributed by atoms with Gasteiger partial charge in [-0.25, -0.2) is 0 Å². The monoisotopic (exact) mass is 380 g/mol. The second-order valence-corrected chi connectivity index (χ2v) is 6.92. The Morgan fingerprint density at radius 3 is 2.68 bits per heavy atom. The van der Waals surface area contributed by atoms with E-state index >= 15 is 0 Å². The molecule has 1 N–H and O–H groups in total. The minimum absolute atomic E-state index is 0.00331. The molecular weight excluding hydrogens is 360 g/mol. The molecule has 0 spiro atoms. The minimum atomic E-state index is -0.441. The SMILES string of the molecule is Cc1c(NC(=O)C2CCN(c3nc4ccccc4o3)CC2)cccc1[N+](=O)[O-]. The number of piperidine rings is 1. The van der Waals surface area contributed by atoms with E-state index in [-0.39, 0.29) is 17.5 Å². The zero-order valence-corrected chi connectivity index (χ0v) is 15.4. The average molecular weight is 380 g/mol. The fourth-order valence-electron chi connectivity index (χ4n) is 3.52. The largest absolute Gasteiger partial charge is 0.423 e. The first-order chi connectivity index (χ1) is 13.5. The summed E-state index contributed by atoms with van der Waals surface area (Å²) in [6.45, 7) is 2.97. The van der Waals surface area contributed by atoms with E-state index < -0.39 is 4.92 Å². The lowest BCUT2D eigenvalue weighted by Gasteiger charge is -2.30. The number of nitro benzene ring substituents is 1. The van der Waals surface area contributed by atoms with Crippen molar-refractivity contribution < 1.29 is 14.1 Å². The lowest BCUT2D eigenvalue weighted by atomic mass is 9.96. The van der Waals surface area contributed by atoms with Gasteiger partial charge in [-0.05, 0) is 38.0 Å². The first kappa shape index (κ1) is 18.0. The molecule has 0 atom stereocenters. The van der Waals surface area contributed by atoms with Gasteiger partial charge in [0.05, 0.1) is 16.2 Å². The molecule has 3 aromatic rings. The maximum absolute atomic E-state index is 12.6. The Hall–Kier alpha value is -3.42.